The third-order valence-electron chi connectivity index (χ3n) is 8.04. The van der Waals surface area contributed by atoms with Gasteiger partial charge in [-0.2, -0.15) is 17.5 Å². The second kappa shape index (κ2) is 12.3. The summed E-state index contributed by atoms with van der Waals surface area (Å²) >= 11 is 6.39. The fraction of sp³-hybridized carbons (Fsp3) is 0.438. The molecule has 0 saturated heterocycles. The monoisotopic (exact) mass is 604 g/mol. The summed E-state index contributed by atoms with van der Waals surface area (Å²) in [5.74, 6) is 0. The van der Waals surface area contributed by atoms with Crippen molar-refractivity contribution in [3.05, 3.63) is 45.1 Å². The molecule has 0 unspecified atom stereocenters. The standard InChI is InChI=1S/C32H36N4S4/c1-5-7-9-11-13-21-15-27(37-19(21)3)25-17-23-24(29-31(25)35-39-33-29)18-26(32-30(23)34-40-36-32)28-16-22(20(4)38-28)14-12-10-8-6-2/h15-18H,5-14H2,1-4H3. The average molecular weight is 605 g/mol. The lowest BCUT2D eigenvalue weighted by atomic mass is 9.97. The molecule has 0 N–H and O–H groups in total. The van der Waals surface area contributed by atoms with Crippen LogP contribution in [0.25, 0.3) is 53.7 Å². The van der Waals surface area contributed by atoms with Gasteiger partial charge in [0.25, 0.3) is 0 Å². The van der Waals surface area contributed by atoms with Crippen molar-refractivity contribution in [3.63, 3.8) is 0 Å². The van der Waals surface area contributed by atoms with Crippen molar-refractivity contribution < 1.29 is 0 Å². The van der Waals surface area contributed by atoms with Crippen LogP contribution in [0.4, 0.5) is 0 Å². The van der Waals surface area contributed by atoms with Crippen LogP contribution in [0.5, 0.6) is 0 Å². The summed E-state index contributed by atoms with van der Waals surface area (Å²) in [6.45, 7) is 9.06. The van der Waals surface area contributed by atoms with E-state index in [-0.39, 0.29) is 0 Å². The Bertz CT molecular complexity index is 1640. The topological polar surface area (TPSA) is 51.6 Å². The number of thiophene rings is 2. The fourth-order valence-corrected chi connectivity index (χ4v) is 9.04. The zero-order valence-corrected chi connectivity index (χ0v) is 27.1. The van der Waals surface area contributed by atoms with Gasteiger partial charge in [0.1, 0.15) is 22.1 Å². The number of benzene rings is 2. The fourth-order valence-electron chi connectivity index (χ4n) is 5.72. The first-order chi connectivity index (χ1) is 19.6. The Kier molecular flexibility index (Phi) is 8.58. The molecule has 6 aromatic rings. The van der Waals surface area contributed by atoms with Crippen LogP contribution in [0, 0.1) is 13.8 Å². The number of aryl methyl sites for hydroxylation is 4. The highest BCUT2D eigenvalue weighted by Crippen LogP contribution is 2.44. The average Bonchev–Trinajstić information content (AvgIpc) is 3.75. The zero-order chi connectivity index (χ0) is 27.6. The molecule has 0 radical (unpaired) electrons. The molecular formula is C32H36N4S4. The largest absolute Gasteiger partial charge is 0.172 e. The van der Waals surface area contributed by atoms with Gasteiger partial charge in [0.2, 0.25) is 0 Å². The molecule has 4 nitrogen and oxygen atoms in total. The molecule has 2 aromatic carbocycles. The first-order valence-electron chi connectivity index (χ1n) is 14.6. The highest BCUT2D eigenvalue weighted by Gasteiger charge is 2.21. The van der Waals surface area contributed by atoms with Crippen molar-refractivity contribution in [2.75, 3.05) is 0 Å². The van der Waals surface area contributed by atoms with Gasteiger partial charge in [-0.15, -0.1) is 22.7 Å². The molecule has 4 heterocycles. The third kappa shape index (κ3) is 5.36. The maximum absolute atomic E-state index is 4.83. The smallest absolute Gasteiger partial charge is 0.114 e. The summed E-state index contributed by atoms with van der Waals surface area (Å²) in [6, 6.07) is 9.40. The van der Waals surface area contributed by atoms with Crippen molar-refractivity contribution in [1.29, 1.82) is 0 Å². The first kappa shape index (κ1) is 27.9. The van der Waals surface area contributed by atoms with E-state index in [1.165, 1.54) is 117 Å². The molecule has 0 aliphatic rings. The Labute approximate surface area is 253 Å². The van der Waals surface area contributed by atoms with Gasteiger partial charge in [-0.1, -0.05) is 52.4 Å². The lowest BCUT2D eigenvalue weighted by Gasteiger charge is -2.08. The quantitative estimate of drug-likeness (QED) is 0.130. The van der Waals surface area contributed by atoms with Crippen LogP contribution in [-0.4, -0.2) is 17.5 Å². The van der Waals surface area contributed by atoms with E-state index < -0.39 is 0 Å². The van der Waals surface area contributed by atoms with Crippen LogP contribution in [0.15, 0.2) is 24.3 Å². The maximum atomic E-state index is 4.83. The molecule has 0 aliphatic carbocycles. The number of unbranched alkanes of at least 4 members (excludes halogenated alkanes) is 6. The van der Waals surface area contributed by atoms with Gasteiger partial charge in [-0.3, -0.25) is 0 Å². The number of nitrogens with zero attached hydrogens (tertiary/aromatic N) is 4. The van der Waals surface area contributed by atoms with E-state index in [1.807, 2.05) is 22.7 Å². The maximum Gasteiger partial charge on any atom is 0.114 e. The minimum Gasteiger partial charge on any atom is -0.172 e. The van der Waals surface area contributed by atoms with Gasteiger partial charge < -0.3 is 0 Å². The summed E-state index contributed by atoms with van der Waals surface area (Å²) in [7, 11) is 0. The SMILES string of the molecule is CCCCCCc1cc(-c2cc3c(cc(-c4cc(CCCCCC)c(C)s4)c4nsnc43)c3nsnc23)sc1C. The highest BCUT2D eigenvalue weighted by molar-refractivity contribution is 7.16. The molecule has 0 spiro atoms. The van der Waals surface area contributed by atoms with Gasteiger partial charge in [0.05, 0.1) is 23.5 Å². The molecule has 0 saturated carbocycles. The Hall–Kier alpha value is -2.26. The van der Waals surface area contributed by atoms with E-state index in [4.69, 9.17) is 17.5 Å². The Balaban J connectivity index is 1.43. The number of rotatable bonds is 12. The number of hydrogen-bond acceptors (Lipinski definition) is 8. The predicted molar refractivity (Wildman–Crippen MR) is 178 cm³/mol. The van der Waals surface area contributed by atoms with Crippen LogP contribution in [0.1, 0.15) is 86.1 Å². The summed E-state index contributed by atoms with van der Waals surface area (Å²) in [4.78, 5) is 5.39. The Morgan fingerprint density at radius 2 is 0.950 bits per heavy atom. The van der Waals surface area contributed by atoms with Crippen molar-refractivity contribution in [2.45, 2.75) is 91.9 Å². The van der Waals surface area contributed by atoms with Crippen LogP contribution < -0.4 is 0 Å². The second-order valence-electron chi connectivity index (χ2n) is 10.9. The highest BCUT2D eigenvalue weighted by atomic mass is 32.1. The van der Waals surface area contributed by atoms with Crippen LogP contribution in [0.3, 0.4) is 0 Å². The van der Waals surface area contributed by atoms with Crippen molar-refractivity contribution in [1.82, 2.24) is 17.5 Å². The number of fused-ring (bicyclic) bond motifs is 5. The first-order valence-corrected chi connectivity index (χ1v) is 17.7. The van der Waals surface area contributed by atoms with Crippen molar-refractivity contribution in [2.24, 2.45) is 0 Å². The number of aromatic nitrogens is 4. The minimum atomic E-state index is 0.984. The Morgan fingerprint density at radius 3 is 1.38 bits per heavy atom. The van der Waals surface area contributed by atoms with E-state index in [0.29, 0.717) is 0 Å². The predicted octanol–water partition coefficient (Wildman–Crippen LogP) is 11.2. The molecule has 0 bridgehead atoms. The minimum absolute atomic E-state index is 0.984. The summed E-state index contributed by atoms with van der Waals surface area (Å²) in [6.07, 6.45) is 12.6. The second-order valence-corrected chi connectivity index (χ2v) is 14.4. The van der Waals surface area contributed by atoms with Gasteiger partial charge in [-0.05, 0) is 74.9 Å². The van der Waals surface area contributed by atoms with Crippen molar-refractivity contribution >= 4 is 79.0 Å². The van der Waals surface area contributed by atoms with Crippen molar-refractivity contribution in [3.8, 4) is 20.9 Å². The molecule has 0 amide bonds. The van der Waals surface area contributed by atoms with E-state index in [0.717, 1.165) is 45.7 Å². The molecule has 0 aliphatic heterocycles. The van der Waals surface area contributed by atoms with Crippen LogP contribution >= 0.6 is 46.1 Å². The molecule has 208 valence electrons. The van der Waals surface area contributed by atoms with E-state index in [2.05, 4.69) is 52.0 Å². The normalized spacial score (nSPS) is 12.0. The molecular weight excluding hydrogens is 569 g/mol. The van der Waals surface area contributed by atoms with Gasteiger partial charge in [-0.25, -0.2) is 0 Å². The van der Waals surface area contributed by atoms with Crippen LogP contribution in [0.2, 0.25) is 0 Å². The third-order valence-corrected chi connectivity index (χ3v) is 11.3. The lowest BCUT2D eigenvalue weighted by Crippen LogP contribution is -1.87. The number of hydrogen-bond donors (Lipinski definition) is 0. The van der Waals surface area contributed by atoms with E-state index in [9.17, 15) is 0 Å². The molecule has 0 fully saturated rings. The van der Waals surface area contributed by atoms with Gasteiger partial charge in [0.15, 0.2) is 0 Å². The Morgan fingerprint density at radius 1 is 0.525 bits per heavy atom. The molecule has 0 atom stereocenters. The lowest BCUT2D eigenvalue weighted by molar-refractivity contribution is 0.666. The summed E-state index contributed by atoms with van der Waals surface area (Å²) in [5, 5.41) is 2.26. The molecule has 4 aromatic heterocycles. The molecule has 40 heavy (non-hydrogen) atoms. The van der Waals surface area contributed by atoms with E-state index in [1.54, 1.807) is 0 Å². The van der Waals surface area contributed by atoms with Crippen LogP contribution in [-0.2, 0) is 12.8 Å². The molecule has 6 rings (SSSR count). The summed E-state index contributed by atoms with van der Waals surface area (Å²) in [5.41, 5.74) is 9.27. The zero-order valence-electron chi connectivity index (χ0n) is 23.8. The van der Waals surface area contributed by atoms with Gasteiger partial charge in [0, 0.05) is 41.4 Å². The molecule has 8 heteroatoms. The summed E-state index contributed by atoms with van der Waals surface area (Å²) < 4.78 is 19.3. The van der Waals surface area contributed by atoms with E-state index >= 15 is 0 Å². The van der Waals surface area contributed by atoms with Gasteiger partial charge >= 0.3 is 0 Å².